The minimum absolute atomic E-state index is 0.275. The summed E-state index contributed by atoms with van der Waals surface area (Å²) in [5.74, 6) is -0.275. The number of allylic oxidation sites excluding steroid dienone is 1. The Bertz CT molecular complexity index is 766. The maximum atomic E-state index is 12.5. The molecule has 1 aromatic carbocycles. The Kier molecular flexibility index (Phi) is 3.84. The molecule has 4 nitrogen and oxygen atoms in total. The maximum Gasteiger partial charge on any atom is 0.342 e. The van der Waals surface area contributed by atoms with Gasteiger partial charge in [0.15, 0.2) is 0 Å². The Morgan fingerprint density at radius 2 is 2.00 bits per heavy atom. The van der Waals surface area contributed by atoms with Crippen LogP contribution in [0.25, 0.3) is 6.08 Å². The number of esters is 1. The first kappa shape index (κ1) is 15.5. The Morgan fingerprint density at radius 1 is 1.30 bits per heavy atom. The molecule has 0 saturated carbocycles. The number of benzene rings is 1. The highest BCUT2D eigenvalue weighted by molar-refractivity contribution is 5.95. The third-order valence-corrected chi connectivity index (χ3v) is 3.85. The predicted molar refractivity (Wildman–Crippen MR) is 90.3 cm³/mol. The van der Waals surface area contributed by atoms with Crippen molar-refractivity contribution < 1.29 is 9.53 Å². The van der Waals surface area contributed by atoms with E-state index in [4.69, 9.17) is 4.74 Å². The number of rotatable bonds is 3. The molecule has 0 amide bonds. The number of carbonyl (C=O) groups is 1. The Morgan fingerprint density at radius 3 is 2.65 bits per heavy atom. The van der Waals surface area contributed by atoms with Crippen molar-refractivity contribution in [1.82, 2.24) is 9.78 Å². The van der Waals surface area contributed by atoms with Gasteiger partial charge in [0.05, 0.1) is 17.9 Å². The summed E-state index contributed by atoms with van der Waals surface area (Å²) >= 11 is 0. The number of hydrogen-bond acceptors (Lipinski definition) is 3. The predicted octanol–water partition coefficient (Wildman–Crippen LogP) is 3.85. The SMILES string of the molecule is CC(C)=Cc1nn(Cc2ccccc2)c2c1C(=O)OC(C)(C)C2. The number of aromatic nitrogens is 2. The zero-order chi connectivity index (χ0) is 16.6. The van der Waals surface area contributed by atoms with E-state index in [1.54, 1.807) is 0 Å². The first-order valence-electron chi connectivity index (χ1n) is 7.87. The first-order valence-corrected chi connectivity index (χ1v) is 7.87. The number of hydrogen-bond donors (Lipinski definition) is 0. The highest BCUT2D eigenvalue weighted by atomic mass is 16.6. The fourth-order valence-corrected chi connectivity index (χ4v) is 2.92. The number of cyclic esters (lactones) is 1. The van der Waals surface area contributed by atoms with Crippen LogP contribution in [-0.2, 0) is 17.7 Å². The van der Waals surface area contributed by atoms with Crippen LogP contribution in [0.2, 0.25) is 0 Å². The van der Waals surface area contributed by atoms with Crippen molar-refractivity contribution in [3.05, 3.63) is 58.4 Å². The fourth-order valence-electron chi connectivity index (χ4n) is 2.92. The van der Waals surface area contributed by atoms with Gasteiger partial charge in [0.25, 0.3) is 0 Å². The summed E-state index contributed by atoms with van der Waals surface area (Å²) in [6.07, 6.45) is 2.62. The molecule has 0 aliphatic carbocycles. The lowest BCUT2D eigenvalue weighted by molar-refractivity contribution is -0.00745. The Balaban J connectivity index is 2.10. The van der Waals surface area contributed by atoms with Crippen molar-refractivity contribution in [3.63, 3.8) is 0 Å². The molecule has 0 spiro atoms. The topological polar surface area (TPSA) is 44.1 Å². The molecule has 2 aromatic rings. The Hall–Kier alpha value is -2.36. The lowest BCUT2D eigenvalue weighted by Gasteiger charge is -2.30. The van der Waals surface area contributed by atoms with Crippen LogP contribution < -0.4 is 0 Å². The molecule has 3 rings (SSSR count). The zero-order valence-corrected chi connectivity index (χ0v) is 14.1. The highest BCUT2D eigenvalue weighted by Crippen LogP contribution is 2.31. The third kappa shape index (κ3) is 3.21. The summed E-state index contributed by atoms with van der Waals surface area (Å²) in [7, 11) is 0. The first-order chi connectivity index (χ1) is 10.9. The number of ether oxygens (including phenoxy) is 1. The summed E-state index contributed by atoms with van der Waals surface area (Å²) in [5, 5.41) is 4.68. The van der Waals surface area contributed by atoms with Crippen LogP contribution in [0.5, 0.6) is 0 Å². The summed E-state index contributed by atoms with van der Waals surface area (Å²) in [6.45, 7) is 8.53. The van der Waals surface area contributed by atoms with Crippen LogP contribution in [0.1, 0.15) is 55.0 Å². The molecule has 23 heavy (non-hydrogen) atoms. The van der Waals surface area contributed by atoms with Gasteiger partial charge in [-0.15, -0.1) is 0 Å². The molecular weight excluding hydrogens is 288 g/mol. The normalized spacial score (nSPS) is 15.7. The van der Waals surface area contributed by atoms with Gasteiger partial charge in [-0.25, -0.2) is 4.79 Å². The molecule has 1 aromatic heterocycles. The zero-order valence-electron chi connectivity index (χ0n) is 14.1. The van der Waals surface area contributed by atoms with E-state index < -0.39 is 5.60 Å². The van der Waals surface area contributed by atoms with E-state index in [0.717, 1.165) is 11.3 Å². The standard InChI is InChI=1S/C19H22N2O2/c1-13(2)10-15-17-16(11-19(3,4)23-18(17)22)21(20-15)12-14-8-6-5-7-9-14/h5-10H,11-12H2,1-4H3. The summed E-state index contributed by atoms with van der Waals surface area (Å²) < 4.78 is 7.51. The molecule has 0 fully saturated rings. The minimum atomic E-state index is -0.499. The molecule has 120 valence electrons. The van der Waals surface area contributed by atoms with Crippen molar-refractivity contribution >= 4 is 12.0 Å². The van der Waals surface area contributed by atoms with Crippen LogP contribution >= 0.6 is 0 Å². The molecule has 4 heteroatoms. The second-order valence-corrected chi connectivity index (χ2v) is 6.90. The molecule has 1 aliphatic rings. The van der Waals surface area contributed by atoms with Crippen molar-refractivity contribution in [2.75, 3.05) is 0 Å². The van der Waals surface area contributed by atoms with Gasteiger partial charge in [-0.2, -0.15) is 5.10 Å². The van der Waals surface area contributed by atoms with E-state index in [2.05, 4.69) is 17.2 Å². The monoisotopic (exact) mass is 310 g/mol. The lowest BCUT2D eigenvalue weighted by atomic mass is 9.95. The average Bonchev–Trinajstić information content (AvgIpc) is 2.75. The van der Waals surface area contributed by atoms with E-state index in [0.29, 0.717) is 24.2 Å². The summed E-state index contributed by atoms with van der Waals surface area (Å²) in [5.41, 5.74) is 4.05. The van der Waals surface area contributed by atoms with E-state index >= 15 is 0 Å². The Labute approximate surface area is 136 Å². The molecule has 1 aliphatic heterocycles. The second-order valence-electron chi connectivity index (χ2n) is 6.90. The lowest BCUT2D eigenvalue weighted by Crippen LogP contribution is -2.37. The molecule has 0 atom stereocenters. The maximum absolute atomic E-state index is 12.5. The smallest absolute Gasteiger partial charge is 0.342 e. The van der Waals surface area contributed by atoms with Crippen molar-refractivity contribution in [1.29, 1.82) is 0 Å². The number of fused-ring (bicyclic) bond motifs is 1. The molecule has 0 unspecified atom stereocenters. The molecule has 0 saturated heterocycles. The average molecular weight is 310 g/mol. The van der Waals surface area contributed by atoms with Crippen LogP contribution in [0.4, 0.5) is 0 Å². The van der Waals surface area contributed by atoms with Crippen molar-refractivity contribution in [2.24, 2.45) is 0 Å². The van der Waals surface area contributed by atoms with Gasteiger partial charge in [-0.1, -0.05) is 35.9 Å². The summed E-state index contributed by atoms with van der Waals surface area (Å²) in [4.78, 5) is 12.5. The van der Waals surface area contributed by atoms with Gasteiger partial charge in [0.2, 0.25) is 0 Å². The van der Waals surface area contributed by atoms with Crippen LogP contribution in [0.3, 0.4) is 0 Å². The van der Waals surface area contributed by atoms with Crippen molar-refractivity contribution in [3.8, 4) is 0 Å². The van der Waals surface area contributed by atoms with Crippen LogP contribution in [-0.4, -0.2) is 21.4 Å². The van der Waals surface area contributed by atoms with Gasteiger partial charge < -0.3 is 4.74 Å². The largest absolute Gasteiger partial charge is 0.456 e. The van der Waals surface area contributed by atoms with Gasteiger partial charge in [-0.3, -0.25) is 4.68 Å². The molecule has 2 heterocycles. The van der Waals surface area contributed by atoms with E-state index in [9.17, 15) is 4.79 Å². The van der Waals surface area contributed by atoms with E-state index in [1.807, 2.05) is 56.7 Å². The molecular formula is C19H22N2O2. The van der Waals surface area contributed by atoms with Gasteiger partial charge in [0.1, 0.15) is 11.2 Å². The highest BCUT2D eigenvalue weighted by Gasteiger charge is 2.37. The fraction of sp³-hybridized carbons (Fsp3) is 0.368. The number of nitrogens with zero attached hydrogens (tertiary/aromatic N) is 2. The number of carbonyl (C=O) groups excluding carboxylic acids is 1. The second kappa shape index (κ2) is 5.69. The molecule has 0 N–H and O–H groups in total. The van der Waals surface area contributed by atoms with Gasteiger partial charge in [0, 0.05) is 6.42 Å². The van der Waals surface area contributed by atoms with Gasteiger partial charge >= 0.3 is 5.97 Å². The van der Waals surface area contributed by atoms with Crippen LogP contribution in [0, 0.1) is 0 Å². The third-order valence-electron chi connectivity index (χ3n) is 3.85. The van der Waals surface area contributed by atoms with Gasteiger partial charge in [-0.05, 0) is 39.3 Å². The van der Waals surface area contributed by atoms with Crippen molar-refractivity contribution in [2.45, 2.75) is 46.3 Å². The van der Waals surface area contributed by atoms with E-state index in [1.165, 1.54) is 5.56 Å². The molecule has 0 bridgehead atoms. The quantitative estimate of drug-likeness (QED) is 0.809. The minimum Gasteiger partial charge on any atom is -0.456 e. The molecule has 0 radical (unpaired) electrons. The summed E-state index contributed by atoms with van der Waals surface area (Å²) in [6, 6.07) is 10.2. The van der Waals surface area contributed by atoms with Crippen LogP contribution in [0.15, 0.2) is 35.9 Å². The van der Waals surface area contributed by atoms with E-state index in [-0.39, 0.29) is 5.97 Å².